The van der Waals surface area contributed by atoms with Gasteiger partial charge in [0.25, 0.3) is 0 Å². The van der Waals surface area contributed by atoms with Crippen molar-refractivity contribution in [3.8, 4) is 0 Å². The predicted molar refractivity (Wildman–Crippen MR) is 50.6 cm³/mol. The smallest absolute Gasteiger partial charge is 0.315 e. The fourth-order valence-electron chi connectivity index (χ4n) is 1.33. The van der Waals surface area contributed by atoms with Gasteiger partial charge >= 0.3 is 6.03 Å². The van der Waals surface area contributed by atoms with Crippen molar-refractivity contribution in [3.63, 3.8) is 0 Å². The van der Waals surface area contributed by atoms with E-state index in [0.29, 0.717) is 0 Å². The number of carbonyl (C=O) groups excluding carboxylic acids is 1. The van der Waals surface area contributed by atoms with Crippen molar-refractivity contribution in [2.24, 2.45) is 0 Å². The monoisotopic (exact) mass is 186 g/mol. The molecule has 1 aliphatic rings. The molecule has 0 radical (unpaired) electrons. The Morgan fingerprint density at radius 2 is 2.00 bits per heavy atom. The summed E-state index contributed by atoms with van der Waals surface area (Å²) < 4.78 is 5.19. The van der Waals surface area contributed by atoms with Gasteiger partial charge < -0.3 is 15.4 Å². The summed E-state index contributed by atoms with van der Waals surface area (Å²) in [6.45, 7) is 5.41. The zero-order valence-electron chi connectivity index (χ0n) is 8.30. The van der Waals surface area contributed by atoms with E-state index in [-0.39, 0.29) is 18.1 Å². The number of hydrogen-bond acceptors (Lipinski definition) is 2. The number of carbonyl (C=O) groups is 1. The van der Waals surface area contributed by atoms with Crippen LogP contribution in [0.1, 0.15) is 26.7 Å². The number of rotatable bonds is 2. The maximum absolute atomic E-state index is 11.3. The van der Waals surface area contributed by atoms with Crippen molar-refractivity contribution in [2.45, 2.75) is 38.8 Å². The lowest BCUT2D eigenvalue weighted by Crippen LogP contribution is -2.46. The summed E-state index contributed by atoms with van der Waals surface area (Å²) in [6, 6.07) is 0.411. The molecule has 0 aliphatic carbocycles. The molecule has 1 aliphatic heterocycles. The van der Waals surface area contributed by atoms with E-state index in [0.717, 1.165) is 26.1 Å². The number of hydrogen-bond donors (Lipinski definition) is 2. The Bertz CT molecular complexity index is 165. The average molecular weight is 186 g/mol. The van der Waals surface area contributed by atoms with Gasteiger partial charge in [0.2, 0.25) is 0 Å². The quantitative estimate of drug-likeness (QED) is 0.672. The number of urea groups is 1. The van der Waals surface area contributed by atoms with Gasteiger partial charge in [-0.15, -0.1) is 0 Å². The predicted octanol–water partition coefficient (Wildman–Crippen LogP) is 0.873. The second-order valence-corrected chi connectivity index (χ2v) is 3.66. The first-order valence-electron chi connectivity index (χ1n) is 4.83. The standard InChI is InChI=1S/C9H18N2O2/c1-7(2)10-9(12)11-8-3-5-13-6-4-8/h7-8H,3-6H2,1-2H3,(H2,10,11,12). The summed E-state index contributed by atoms with van der Waals surface area (Å²) in [7, 11) is 0. The van der Waals surface area contributed by atoms with Gasteiger partial charge in [-0.3, -0.25) is 0 Å². The van der Waals surface area contributed by atoms with Crippen LogP contribution >= 0.6 is 0 Å². The highest BCUT2D eigenvalue weighted by atomic mass is 16.5. The van der Waals surface area contributed by atoms with Crippen molar-refractivity contribution in [1.29, 1.82) is 0 Å². The average Bonchev–Trinajstić information content (AvgIpc) is 2.04. The van der Waals surface area contributed by atoms with Gasteiger partial charge in [-0.05, 0) is 26.7 Å². The Hall–Kier alpha value is -0.770. The first-order valence-corrected chi connectivity index (χ1v) is 4.83. The van der Waals surface area contributed by atoms with Crippen molar-refractivity contribution >= 4 is 6.03 Å². The Labute approximate surface area is 79.0 Å². The molecule has 0 aromatic heterocycles. The number of nitrogens with one attached hydrogen (secondary N) is 2. The highest BCUT2D eigenvalue weighted by molar-refractivity contribution is 5.74. The maximum atomic E-state index is 11.3. The molecule has 0 saturated carbocycles. The Morgan fingerprint density at radius 3 is 2.54 bits per heavy atom. The Balaban J connectivity index is 2.18. The molecule has 0 bridgehead atoms. The first kappa shape index (κ1) is 10.3. The van der Waals surface area contributed by atoms with Crippen LogP contribution in [0.25, 0.3) is 0 Å². The van der Waals surface area contributed by atoms with E-state index in [1.54, 1.807) is 0 Å². The van der Waals surface area contributed by atoms with E-state index < -0.39 is 0 Å². The van der Waals surface area contributed by atoms with E-state index in [1.165, 1.54) is 0 Å². The highest BCUT2D eigenvalue weighted by Crippen LogP contribution is 2.05. The van der Waals surface area contributed by atoms with Gasteiger partial charge in [0.1, 0.15) is 0 Å². The van der Waals surface area contributed by atoms with Gasteiger partial charge in [-0.2, -0.15) is 0 Å². The summed E-state index contributed by atoms with van der Waals surface area (Å²) in [6.07, 6.45) is 1.84. The molecule has 0 unspecified atom stereocenters. The molecule has 0 atom stereocenters. The lowest BCUT2D eigenvalue weighted by molar-refractivity contribution is 0.0800. The zero-order chi connectivity index (χ0) is 9.68. The summed E-state index contributed by atoms with van der Waals surface area (Å²) in [5, 5.41) is 5.72. The molecule has 1 rings (SSSR count). The van der Waals surface area contributed by atoms with Crippen LogP contribution in [0.4, 0.5) is 4.79 Å². The molecule has 0 aromatic rings. The Morgan fingerprint density at radius 1 is 1.38 bits per heavy atom. The molecule has 76 valence electrons. The van der Waals surface area contributed by atoms with E-state index in [4.69, 9.17) is 4.74 Å². The summed E-state index contributed by atoms with van der Waals surface area (Å²) >= 11 is 0. The van der Waals surface area contributed by atoms with Crippen LogP contribution in [0.5, 0.6) is 0 Å². The third kappa shape index (κ3) is 4.12. The number of ether oxygens (including phenoxy) is 1. The summed E-state index contributed by atoms with van der Waals surface area (Å²) in [5.74, 6) is 0. The SMILES string of the molecule is CC(C)NC(=O)NC1CCOCC1. The fourth-order valence-corrected chi connectivity index (χ4v) is 1.33. The molecule has 4 heteroatoms. The van der Waals surface area contributed by atoms with Gasteiger partial charge in [0.05, 0.1) is 0 Å². The highest BCUT2D eigenvalue weighted by Gasteiger charge is 2.15. The molecule has 0 spiro atoms. The summed E-state index contributed by atoms with van der Waals surface area (Å²) in [5.41, 5.74) is 0. The zero-order valence-corrected chi connectivity index (χ0v) is 8.30. The van der Waals surface area contributed by atoms with E-state index in [1.807, 2.05) is 13.8 Å². The molecule has 1 fully saturated rings. The molecule has 1 saturated heterocycles. The van der Waals surface area contributed by atoms with Gasteiger partial charge in [0.15, 0.2) is 0 Å². The number of amides is 2. The minimum atomic E-state index is -0.0677. The van der Waals surface area contributed by atoms with Crippen molar-refractivity contribution < 1.29 is 9.53 Å². The second kappa shape index (κ2) is 5.07. The molecule has 13 heavy (non-hydrogen) atoms. The normalized spacial score (nSPS) is 18.7. The molecule has 1 heterocycles. The third-order valence-corrected chi connectivity index (χ3v) is 1.98. The minimum absolute atomic E-state index is 0.0677. The van der Waals surface area contributed by atoms with Crippen LogP contribution in [0, 0.1) is 0 Å². The van der Waals surface area contributed by atoms with E-state index in [9.17, 15) is 4.79 Å². The first-order chi connectivity index (χ1) is 6.18. The molecular weight excluding hydrogens is 168 g/mol. The largest absolute Gasteiger partial charge is 0.381 e. The molecule has 2 N–H and O–H groups in total. The molecular formula is C9H18N2O2. The van der Waals surface area contributed by atoms with Crippen LogP contribution in [0.2, 0.25) is 0 Å². The van der Waals surface area contributed by atoms with Crippen LogP contribution in [0.15, 0.2) is 0 Å². The minimum Gasteiger partial charge on any atom is -0.381 e. The van der Waals surface area contributed by atoms with Crippen LogP contribution in [0.3, 0.4) is 0 Å². The van der Waals surface area contributed by atoms with Crippen LogP contribution in [-0.2, 0) is 4.74 Å². The van der Waals surface area contributed by atoms with Gasteiger partial charge in [-0.1, -0.05) is 0 Å². The van der Waals surface area contributed by atoms with Crippen LogP contribution in [-0.4, -0.2) is 31.3 Å². The van der Waals surface area contributed by atoms with Crippen molar-refractivity contribution in [1.82, 2.24) is 10.6 Å². The van der Waals surface area contributed by atoms with E-state index >= 15 is 0 Å². The molecule has 4 nitrogen and oxygen atoms in total. The Kier molecular flexibility index (Phi) is 4.02. The maximum Gasteiger partial charge on any atom is 0.315 e. The second-order valence-electron chi connectivity index (χ2n) is 3.66. The molecule has 2 amide bonds. The van der Waals surface area contributed by atoms with E-state index in [2.05, 4.69) is 10.6 Å². The topological polar surface area (TPSA) is 50.4 Å². The van der Waals surface area contributed by atoms with Crippen molar-refractivity contribution in [3.05, 3.63) is 0 Å². The van der Waals surface area contributed by atoms with Gasteiger partial charge in [0, 0.05) is 25.3 Å². The summed E-state index contributed by atoms with van der Waals surface area (Å²) in [4.78, 5) is 11.3. The fraction of sp³-hybridized carbons (Fsp3) is 0.889. The van der Waals surface area contributed by atoms with Crippen molar-refractivity contribution in [2.75, 3.05) is 13.2 Å². The van der Waals surface area contributed by atoms with Crippen LogP contribution < -0.4 is 10.6 Å². The third-order valence-electron chi connectivity index (χ3n) is 1.98. The lowest BCUT2D eigenvalue weighted by Gasteiger charge is -2.23. The van der Waals surface area contributed by atoms with Gasteiger partial charge in [-0.25, -0.2) is 4.79 Å². The lowest BCUT2D eigenvalue weighted by atomic mass is 10.1. The molecule has 0 aromatic carbocycles.